The first-order valence-electron chi connectivity index (χ1n) is 10.6. The highest BCUT2D eigenvalue weighted by molar-refractivity contribution is 7.27. The SMILES string of the molecule is c1ccc2c(-c3ccc4sc5c6ccccc6c6ccccc6c5c4c3)cccc2c1. The number of fused-ring (bicyclic) bond motifs is 9. The van der Waals surface area contributed by atoms with Crippen molar-refractivity contribution in [3.8, 4) is 11.1 Å². The highest BCUT2D eigenvalue weighted by Crippen LogP contribution is 2.45. The van der Waals surface area contributed by atoms with Gasteiger partial charge in [-0.1, -0.05) is 97.1 Å². The van der Waals surface area contributed by atoms with Gasteiger partial charge in [-0.15, -0.1) is 11.3 Å². The van der Waals surface area contributed by atoms with Crippen molar-refractivity contribution < 1.29 is 0 Å². The molecule has 0 spiro atoms. The minimum absolute atomic E-state index is 1.28. The summed E-state index contributed by atoms with van der Waals surface area (Å²) in [6.07, 6.45) is 0. The van der Waals surface area contributed by atoms with E-state index >= 15 is 0 Å². The second kappa shape index (κ2) is 6.41. The van der Waals surface area contributed by atoms with Gasteiger partial charge in [0.2, 0.25) is 0 Å². The first-order valence-corrected chi connectivity index (χ1v) is 11.4. The molecule has 0 radical (unpaired) electrons. The lowest BCUT2D eigenvalue weighted by atomic mass is 9.94. The van der Waals surface area contributed by atoms with E-state index in [4.69, 9.17) is 0 Å². The molecular weight excluding hydrogens is 392 g/mol. The summed E-state index contributed by atoms with van der Waals surface area (Å²) < 4.78 is 2.74. The van der Waals surface area contributed by atoms with Crippen molar-refractivity contribution in [3.05, 3.63) is 109 Å². The van der Waals surface area contributed by atoms with Gasteiger partial charge < -0.3 is 0 Å². The smallest absolute Gasteiger partial charge is 0.0440 e. The van der Waals surface area contributed by atoms with E-state index in [-0.39, 0.29) is 0 Å². The van der Waals surface area contributed by atoms with Gasteiger partial charge in [0.1, 0.15) is 0 Å². The summed E-state index contributed by atoms with van der Waals surface area (Å²) in [7, 11) is 0. The van der Waals surface area contributed by atoms with Gasteiger partial charge in [-0.3, -0.25) is 0 Å². The second-order valence-electron chi connectivity index (χ2n) is 8.14. The van der Waals surface area contributed by atoms with Gasteiger partial charge in [-0.2, -0.15) is 0 Å². The van der Waals surface area contributed by atoms with Crippen molar-refractivity contribution in [2.75, 3.05) is 0 Å². The fourth-order valence-corrected chi connectivity index (χ4v) is 6.29. The second-order valence-corrected chi connectivity index (χ2v) is 9.19. The number of hydrogen-bond acceptors (Lipinski definition) is 1. The van der Waals surface area contributed by atoms with E-state index in [2.05, 4.69) is 109 Å². The average Bonchev–Trinajstić information content (AvgIpc) is 3.23. The van der Waals surface area contributed by atoms with Crippen molar-refractivity contribution in [1.29, 1.82) is 0 Å². The molecule has 1 heterocycles. The molecule has 0 saturated carbocycles. The van der Waals surface area contributed by atoms with Gasteiger partial charge in [0, 0.05) is 25.6 Å². The fourth-order valence-electron chi connectivity index (χ4n) is 5.05. The van der Waals surface area contributed by atoms with Crippen LogP contribution in [-0.2, 0) is 0 Å². The molecule has 0 aliphatic heterocycles. The van der Waals surface area contributed by atoms with E-state index in [1.54, 1.807) is 0 Å². The topological polar surface area (TPSA) is 0 Å². The number of rotatable bonds is 1. The van der Waals surface area contributed by atoms with Crippen molar-refractivity contribution in [2.45, 2.75) is 0 Å². The van der Waals surface area contributed by atoms with Crippen molar-refractivity contribution in [1.82, 2.24) is 0 Å². The maximum absolute atomic E-state index is 2.40. The monoisotopic (exact) mass is 410 g/mol. The van der Waals surface area contributed by atoms with Gasteiger partial charge in [0.15, 0.2) is 0 Å². The summed E-state index contributed by atoms with van der Waals surface area (Å²) in [6, 6.07) is 39.9. The van der Waals surface area contributed by atoms with Crippen molar-refractivity contribution in [3.63, 3.8) is 0 Å². The molecule has 0 fully saturated rings. The quantitative estimate of drug-likeness (QED) is 0.237. The summed E-state index contributed by atoms with van der Waals surface area (Å²) in [5.41, 5.74) is 2.57. The Hall–Kier alpha value is -3.68. The molecule has 0 N–H and O–H groups in total. The third kappa shape index (κ3) is 2.41. The molecule has 6 aromatic carbocycles. The summed E-state index contributed by atoms with van der Waals surface area (Å²) in [6.45, 7) is 0. The molecule has 0 aliphatic rings. The minimum Gasteiger partial charge on any atom is -0.135 e. The highest BCUT2D eigenvalue weighted by atomic mass is 32.1. The molecule has 31 heavy (non-hydrogen) atoms. The molecule has 0 bridgehead atoms. The van der Waals surface area contributed by atoms with Crippen LogP contribution in [0.15, 0.2) is 109 Å². The molecule has 0 nitrogen and oxygen atoms in total. The third-order valence-electron chi connectivity index (χ3n) is 6.45. The molecule has 1 heteroatoms. The van der Waals surface area contributed by atoms with Crippen LogP contribution in [-0.4, -0.2) is 0 Å². The van der Waals surface area contributed by atoms with Crippen LogP contribution >= 0.6 is 11.3 Å². The third-order valence-corrected chi connectivity index (χ3v) is 7.65. The molecular formula is C30H18S. The number of benzene rings is 6. The van der Waals surface area contributed by atoms with Gasteiger partial charge in [-0.05, 0) is 50.2 Å². The average molecular weight is 411 g/mol. The Balaban J connectivity index is 1.64. The molecule has 7 aromatic rings. The first-order chi connectivity index (χ1) is 15.4. The Morgan fingerprint density at radius 2 is 1.10 bits per heavy atom. The summed E-state index contributed by atoms with van der Waals surface area (Å²) in [5, 5.41) is 10.7. The van der Waals surface area contributed by atoms with E-state index in [0.717, 1.165) is 0 Å². The van der Waals surface area contributed by atoms with E-state index < -0.39 is 0 Å². The normalized spacial score (nSPS) is 11.9. The van der Waals surface area contributed by atoms with E-state index in [1.807, 2.05) is 11.3 Å². The zero-order valence-corrected chi connectivity index (χ0v) is 17.6. The van der Waals surface area contributed by atoms with Crippen molar-refractivity contribution in [2.24, 2.45) is 0 Å². The highest BCUT2D eigenvalue weighted by Gasteiger charge is 2.15. The fraction of sp³-hybridized carbons (Fsp3) is 0. The van der Waals surface area contributed by atoms with Crippen LogP contribution in [0.5, 0.6) is 0 Å². The molecule has 144 valence electrons. The Bertz CT molecular complexity index is 1780. The Morgan fingerprint density at radius 1 is 0.452 bits per heavy atom. The standard InChI is InChI=1S/C30H18S/c1-2-10-21-19(8-1)9-7-15-22(21)20-16-17-28-27(18-20)29-25-13-5-3-11-23(25)24-12-4-6-14-26(24)30(29)31-28/h1-18H. The van der Waals surface area contributed by atoms with Crippen LogP contribution in [0.4, 0.5) is 0 Å². The van der Waals surface area contributed by atoms with Crippen molar-refractivity contribution >= 4 is 63.8 Å². The molecule has 0 atom stereocenters. The largest absolute Gasteiger partial charge is 0.135 e. The van der Waals surface area contributed by atoms with Gasteiger partial charge in [0.05, 0.1) is 0 Å². The maximum Gasteiger partial charge on any atom is 0.0440 e. The molecule has 0 saturated heterocycles. The number of thiophene rings is 1. The molecule has 0 amide bonds. The van der Waals surface area contributed by atoms with Gasteiger partial charge >= 0.3 is 0 Å². The first kappa shape index (κ1) is 17.0. The van der Waals surface area contributed by atoms with Crippen LogP contribution < -0.4 is 0 Å². The Morgan fingerprint density at radius 3 is 1.94 bits per heavy atom. The van der Waals surface area contributed by atoms with Gasteiger partial charge in [0.25, 0.3) is 0 Å². The Kier molecular flexibility index (Phi) is 3.52. The summed E-state index contributed by atoms with van der Waals surface area (Å²) >= 11 is 1.91. The lowest BCUT2D eigenvalue weighted by Crippen LogP contribution is -1.82. The predicted octanol–water partition coefficient (Wildman–Crippen LogP) is 9.18. The summed E-state index contributed by atoms with van der Waals surface area (Å²) in [5.74, 6) is 0. The molecule has 0 aliphatic carbocycles. The minimum atomic E-state index is 1.28. The summed E-state index contributed by atoms with van der Waals surface area (Å²) in [4.78, 5) is 0. The lowest BCUT2D eigenvalue weighted by molar-refractivity contribution is 1.70. The molecule has 0 unspecified atom stereocenters. The molecule has 7 rings (SSSR count). The van der Waals surface area contributed by atoms with Gasteiger partial charge in [-0.25, -0.2) is 0 Å². The maximum atomic E-state index is 2.40. The van der Waals surface area contributed by atoms with Crippen LogP contribution in [0.2, 0.25) is 0 Å². The van der Waals surface area contributed by atoms with Crippen LogP contribution in [0.1, 0.15) is 0 Å². The van der Waals surface area contributed by atoms with Crippen LogP contribution in [0.25, 0.3) is 63.6 Å². The van der Waals surface area contributed by atoms with E-state index in [0.29, 0.717) is 0 Å². The van der Waals surface area contributed by atoms with Crippen LogP contribution in [0, 0.1) is 0 Å². The zero-order chi connectivity index (χ0) is 20.4. The zero-order valence-electron chi connectivity index (χ0n) is 16.8. The number of hydrogen-bond donors (Lipinski definition) is 0. The van der Waals surface area contributed by atoms with Crippen LogP contribution in [0.3, 0.4) is 0 Å². The van der Waals surface area contributed by atoms with E-state index in [9.17, 15) is 0 Å². The Labute approximate surface area is 184 Å². The van der Waals surface area contributed by atoms with E-state index in [1.165, 1.54) is 63.6 Å². The predicted molar refractivity (Wildman–Crippen MR) is 137 cm³/mol. The lowest BCUT2D eigenvalue weighted by Gasteiger charge is -2.09. The molecule has 1 aromatic heterocycles.